The standard InChI is InChI=1S/C19H24N4O2/c1-4-12-25-18-9-7-16(8-10-18)19(24)22-11-5-6-17(13-22)23-15(3)20-14(2)21-23/h4,7-10,17H,1,5-6,11-13H2,2-3H3/t17-/m1/s1. The van der Waals surface area contributed by atoms with Crippen molar-refractivity contribution in [3.63, 3.8) is 0 Å². The predicted molar refractivity (Wildman–Crippen MR) is 95.8 cm³/mol. The molecule has 0 bridgehead atoms. The molecule has 25 heavy (non-hydrogen) atoms. The SMILES string of the molecule is C=CCOc1ccc(C(=O)N2CCC[C@@H](n3nc(C)nc3C)C2)cc1. The number of amides is 1. The Morgan fingerprint density at radius 1 is 1.36 bits per heavy atom. The minimum absolute atomic E-state index is 0.0504. The van der Waals surface area contributed by atoms with Crippen molar-refractivity contribution in [3.8, 4) is 5.75 Å². The summed E-state index contributed by atoms with van der Waals surface area (Å²) in [6.07, 6.45) is 3.68. The molecule has 0 spiro atoms. The second-order valence-electron chi connectivity index (χ2n) is 6.32. The molecule has 2 heterocycles. The van der Waals surface area contributed by atoms with Crippen LogP contribution in [0, 0.1) is 13.8 Å². The topological polar surface area (TPSA) is 60.2 Å². The monoisotopic (exact) mass is 340 g/mol. The van der Waals surface area contributed by atoms with Crippen molar-refractivity contribution in [2.75, 3.05) is 19.7 Å². The number of rotatable bonds is 5. The first-order valence-corrected chi connectivity index (χ1v) is 8.61. The van der Waals surface area contributed by atoms with Crippen LogP contribution in [0.4, 0.5) is 0 Å². The van der Waals surface area contributed by atoms with Gasteiger partial charge in [0.2, 0.25) is 0 Å². The maximum absolute atomic E-state index is 12.8. The molecule has 6 nitrogen and oxygen atoms in total. The molecule has 6 heteroatoms. The van der Waals surface area contributed by atoms with E-state index in [4.69, 9.17) is 4.74 Å². The Balaban J connectivity index is 1.69. The Bertz CT molecular complexity index is 751. The highest BCUT2D eigenvalue weighted by Crippen LogP contribution is 2.24. The van der Waals surface area contributed by atoms with Gasteiger partial charge in [0.25, 0.3) is 5.91 Å². The molecule has 1 amide bonds. The van der Waals surface area contributed by atoms with E-state index in [1.165, 1.54) is 0 Å². The van der Waals surface area contributed by atoms with E-state index < -0.39 is 0 Å². The Hall–Kier alpha value is -2.63. The summed E-state index contributed by atoms with van der Waals surface area (Å²) in [5.41, 5.74) is 0.679. The molecule has 0 unspecified atom stereocenters. The van der Waals surface area contributed by atoms with Gasteiger partial charge in [-0.1, -0.05) is 12.7 Å². The summed E-state index contributed by atoms with van der Waals surface area (Å²) in [4.78, 5) is 19.1. The Kier molecular flexibility index (Phi) is 5.16. The van der Waals surface area contributed by atoms with E-state index >= 15 is 0 Å². The van der Waals surface area contributed by atoms with Crippen molar-refractivity contribution in [1.82, 2.24) is 19.7 Å². The van der Waals surface area contributed by atoms with E-state index in [9.17, 15) is 4.79 Å². The van der Waals surface area contributed by atoms with E-state index in [1.807, 2.05) is 47.7 Å². The molecule has 0 N–H and O–H groups in total. The zero-order valence-electron chi connectivity index (χ0n) is 14.8. The zero-order chi connectivity index (χ0) is 17.8. The Morgan fingerprint density at radius 2 is 2.12 bits per heavy atom. The lowest BCUT2D eigenvalue weighted by Gasteiger charge is -2.33. The minimum atomic E-state index is 0.0504. The van der Waals surface area contributed by atoms with Crippen LogP contribution < -0.4 is 4.74 Å². The molecule has 0 saturated carbocycles. The quantitative estimate of drug-likeness (QED) is 0.785. The highest BCUT2D eigenvalue weighted by Gasteiger charge is 2.27. The molecular formula is C19H24N4O2. The van der Waals surface area contributed by atoms with Crippen LogP contribution in [0.5, 0.6) is 5.75 Å². The van der Waals surface area contributed by atoms with E-state index in [0.717, 1.165) is 36.8 Å². The number of aryl methyl sites for hydroxylation is 2. The molecule has 1 aromatic carbocycles. The molecule has 0 aliphatic carbocycles. The lowest BCUT2D eigenvalue weighted by molar-refractivity contribution is 0.0671. The summed E-state index contributed by atoms with van der Waals surface area (Å²) < 4.78 is 7.42. The number of nitrogens with zero attached hydrogens (tertiary/aromatic N) is 4. The number of carbonyl (C=O) groups excluding carboxylic acids is 1. The van der Waals surface area contributed by atoms with Gasteiger partial charge in [-0.2, -0.15) is 5.10 Å². The van der Waals surface area contributed by atoms with Crippen LogP contribution in [0.1, 0.15) is 40.9 Å². The van der Waals surface area contributed by atoms with E-state index in [0.29, 0.717) is 18.7 Å². The maximum Gasteiger partial charge on any atom is 0.253 e. The normalized spacial score (nSPS) is 17.4. The number of carbonyl (C=O) groups is 1. The van der Waals surface area contributed by atoms with Crippen LogP contribution in [0.25, 0.3) is 0 Å². The van der Waals surface area contributed by atoms with Gasteiger partial charge in [-0.15, -0.1) is 0 Å². The minimum Gasteiger partial charge on any atom is -0.490 e. The first-order valence-electron chi connectivity index (χ1n) is 8.61. The molecule has 1 fully saturated rings. The first kappa shape index (κ1) is 17.2. The first-order chi connectivity index (χ1) is 12.1. The van der Waals surface area contributed by atoms with Crippen LogP contribution in [0.15, 0.2) is 36.9 Å². The summed E-state index contributed by atoms with van der Waals surface area (Å²) in [5, 5.41) is 4.48. The van der Waals surface area contributed by atoms with Gasteiger partial charge in [0.15, 0.2) is 0 Å². The van der Waals surface area contributed by atoms with Crippen LogP contribution in [0.2, 0.25) is 0 Å². The molecule has 0 radical (unpaired) electrons. The maximum atomic E-state index is 12.8. The number of aromatic nitrogens is 3. The van der Waals surface area contributed by atoms with Gasteiger partial charge in [0.1, 0.15) is 24.0 Å². The smallest absolute Gasteiger partial charge is 0.253 e. The van der Waals surface area contributed by atoms with Gasteiger partial charge >= 0.3 is 0 Å². The zero-order valence-corrected chi connectivity index (χ0v) is 14.8. The summed E-state index contributed by atoms with van der Waals surface area (Å²) in [6.45, 7) is 9.37. The number of benzene rings is 1. The van der Waals surface area contributed by atoms with Crippen molar-refractivity contribution in [3.05, 3.63) is 54.1 Å². The Labute approximate surface area is 148 Å². The number of likely N-dealkylation sites (tertiary alicyclic amines) is 1. The molecule has 1 aliphatic rings. The molecule has 1 saturated heterocycles. The van der Waals surface area contributed by atoms with Crippen LogP contribution in [0.3, 0.4) is 0 Å². The lowest BCUT2D eigenvalue weighted by Crippen LogP contribution is -2.41. The van der Waals surface area contributed by atoms with Gasteiger partial charge in [-0.25, -0.2) is 9.67 Å². The second-order valence-corrected chi connectivity index (χ2v) is 6.32. The summed E-state index contributed by atoms with van der Waals surface area (Å²) in [7, 11) is 0. The third kappa shape index (κ3) is 3.90. The van der Waals surface area contributed by atoms with Gasteiger partial charge in [0.05, 0.1) is 6.04 Å². The second kappa shape index (κ2) is 7.51. The van der Waals surface area contributed by atoms with Crippen LogP contribution in [-0.2, 0) is 0 Å². The number of piperidine rings is 1. The Morgan fingerprint density at radius 3 is 2.76 bits per heavy atom. The average molecular weight is 340 g/mol. The third-order valence-electron chi connectivity index (χ3n) is 4.41. The van der Waals surface area contributed by atoms with Crippen molar-refractivity contribution in [2.45, 2.75) is 32.7 Å². The summed E-state index contributed by atoms with van der Waals surface area (Å²) in [5.74, 6) is 2.47. The van der Waals surface area contributed by atoms with Crippen molar-refractivity contribution in [2.24, 2.45) is 0 Å². The highest BCUT2D eigenvalue weighted by atomic mass is 16.5. The predicted octanol–water partition coefficient (Wildman–Crippen LogP) is 2.94. The fourth-order valence-electron chi connectivity index (χ4n) is 3.25. The third-order valence-corrected chi connectivity index (χ3v) is 4.41. The van der Waals surface area contributed by atoms with E-state index in [2.05, 4.69) is 16.7 Å². The largest absolute Gasteiger partial charge is 0.490 e. The summed E-state index contributed by atoms with van der Waals surface area (Å²) >= 11 is 0. The van der Waals surface area contributed by atoms with Crippen molar-refractivity contribution < 1.29 is 9.53 Å². The summed E-state index contributed by atoms with van der Waals surface area (Å²) in [6, 6.07) is 7.46. The van der Waals surface area contributed by atoms with Crippen LogP contribution in [-0.4, -0.2) is 45.3 Å². The van der Waals surface area contributed by atoms with Gasteiger partial charge in [-0.05, 0) is 51.0 Å². The molecule has 2 aromatic rings. The number of hydrogen-bond donors (Lipinski definition) is 0. The molecule has 1 aromatic heterocycles. The number of hydrogen-bond acceptors (Lipinski definition) is 4. The number of ether oxygens (including phenoxy) is 1. The molecule has 132 valence electrons. The van der Waals surface area contributed by atoms with Gasteiger partial charge < -0.3 is 9.64 Å². The van der Waals surface area contributed by atoms with Gasteiger partial charge in [0, 0.05) is 18.7 Å². The van der Waals surface area contributed by atoms with Crippen LogP contribution >= 0.6 is 0 Å². The van der Waals surface area contributed by atoms with Crippen molar-refractivity contribution >= 4 is 5.91 Å². The van der Waals surface area contributed by atoms with E-state index in [-0.39, 0.29) is 11.9 Å². The fraction of sp³-hybridized carbons (Fsp3) is 0.421. The molecule has 1 atom stereocenters. The van der Waals surface area contributed by atoms with Crippen molar-refractivity contribution in [1.29, 1.82) is 0 Å². The fourth-order valence-corrected chi connectivity index (χ4v) is 3.25. The molecule has 1 aliphatic heterocycles. The van der Waals surface area contributed by atoms with Gasteiger partial charge in [-0.3, -0.25) is 4.79 Å². The lowest BCUT2D eigenvalue weighted by atomic mass is 10.0. The molecule has 3 rings (SSSR count). The highest BCUT2D eigenvalue weighted by molar-refractivity contribution is 5.94. The molecular weight excluding hydrogens is 316 g/mol. The average Bonchev–Trinajstić information content (AvgIpc) is 2.98. The van der Waals surface area contributed by atoms with E-state index in [1.54, 1.807) is 6.08 Å².